The molecule has 0 atom stereocenters. The molecule has 0 spiro atoms. The minimum Gasteiger partial charge on any atom is -0.229 e. The maximum atomic E-state index is 13.6. The van der Waals surface area contributed by atoms with Gasteiger partial charge in [-0.3, -0.25) is 0 Å². The Morgan fingerprint density at radius 3 is 1.23 bits per heavy atom. The van der Waals surface area contributed by atoms with Crippen LogP contribution in [0.15, 0.2) is 0 Å². The first-order valence-electron chi connectivity index (χ1n) is 9.79. The molecule has 0 N–H and O–H groups in total. The smallest absolute Gasteiger partial charge is 0.229 e. The molecule has 0 aliphatic carbocycles. The summed E-state index contributed by atoms with van der Waals surface area (Å²) in [6.45, 7) is 14.0. The first kappa shape index (κ1) is 23.6. The zero-order valence-electron chi connectivity index (χ0n) is 17.1. The molecule has 2 saturated heterocycles. The van der Waals surface area contributed by atoms with E-state index in [2.05, 4.69) is 0 Å². The third-order valence-corrected chi connectivity index (χ3v) is 4.91. The SMILES string of the molecule is CC(C)N1CCN(C(C)C)C1(F)F.CCCN1CCN(CCC)C1(F)F. The van der Waals surface area contributed by atoms with Crippen molar-refractivity contribution in [3.05, 3.63) is 0 Å². The zero-order valence-corrected chi connectivity index (χ0v) is 17.1. The fourth-order valence-electron chi connectivity index (χ4n) is 3.53. The van der Waals surface area contributed by atoms with Crippen LogP contribution < -0.4 is 0 Å². The fourth-order valence-corrected chi connectivity index (χ4v) is 3.53. The predicted octanol–water partition coefficient (Wildman–Crippen LogP) is 3.95. The van der Waals surface area contributed by atoms with Crippen LogP contribution in [0.4, 0.5) is 17.6 Å². The molecule has 0 aromatic rings. The van der Waals surface area contributed by atoms with E-state index in [1.807, 2.05) is 13.8 Å². The largest absolute Gasteiger partial charge is 0.370 e. The molecule has 26 heavy (non-hydrogen) atoms. The minimum absolute atomic E-state index is 0.0984. The Labute approximate surface area is 156 Å². The lowest BCUT2D eigenvalue weighted by Gasteiger charge is -2.33. The van der Waals surface area contributed by atoms with Crippen molar-refractivity contribution in [2.75, 3.05) is 39.3 Å². The van der Waals surface area contributed by atoms with Crippen LogP contribution in [0.25, 0.3) is 0 Å². The van der Waals surface area contributed by atoms with Gasteiger partial charge < -0.3 is 0 Å². The number of nitrogens with zero attached hydrogens (tertiary/aromatic N) is 4. The lowest BCUT2D eigenvalue weighted by Crippen LogP contribution is -2.50. The number of hydrogen-bond donors (Lipinski definition) is 0. The molecule has 2 heterocycles. The number of rotatable bonds is 6. The second-order valence-electron chi connectivity index (χ2n) is 7.57. The van der Waals surface area contributed by atoms with Crippen LogP contribution in [0.1, 0.15) is 54.4 Å². The Morgan fingerprint density at radius 1 is 0.654 bits per heavy atom. The normalized spacial score (nSPS) is 24.5. The van der Waals surface area contributed by atoms with Crippen molar-refractivity contribution in [2.24, 2.45) is 0 Å². The summed E-state index contributed by atoms with van der Waals surface area (Å²) in [5.41, 5.74) is 0. The van der Waals surface area contributed by atoms with Crippen LogP contribution in [0.3, 0.4) is 0 Å². The molecule has 156 valence electrons. The topological polar surface area (TPSA) is 13.0 Å². The highest BCUT2D eigenvalue weighted by molar-refractivity contribution is 4.85. The van der Waals surface area contributed by atoms with Crippen LogP contribution in [0.5, 0.6) is 0 Å². The highest BCUT2D eigenvalue weighted by Gasteiger charge is 2.50. The highest BCUT2D eigenvalue weighted by atomic mass is 19.3. The standard InChI is InChI=1S/2C9H18F2N2/c1-7(2)12-5-6-13(8(3)4)9(12,10)11;1-3-5-12-7-8-13(6-4-2)9(12,10)11/h7-8H,5-6H2,1-4H3;3-8H2,1-2H3. The monoisotopic (exact) mass is 384 g/mol. The molecule has 2 aliphatic rings. The minimum atomic E-state index is -2.76. The van der Waals surface area contributed by atoms with E-state index in [4.69, 9.17) is 0 Å². The van der Waals surface area contributed by atoms with Crippen LogP contribution >= 0.6 is 0 Å². The second-order valence-corrected chi connectivity index (χ2v) is 7.57. The lowest BCUT2D eigenvalue weighted by molar-refractivity contribution is -0.227. The van der Waals surface area contributed by atoms with Gasteiger partial charge in [-0.05, 0) is 40.5 Å². The Balaban J connectivity index is 0.000000260. The van der Waals surface area contributed by atoms with Gasteiger partial charge in [-0.15, -0.1) is 0 Å². The van der Waals surface area contributed by atoms with Crippen molar-refractivity contribution in [3.63, 3.8) is 0 Å². The summed E-state index contributed by atoms with van der Waals surface area (Å²) in [5, 5.41) is 0. The van der Waals surface area contributed by atoms with E-state index >= 15 is 0 Å². The molecule has 0 aromatic heterocycles. The lowest BCUT2D eigenvalue weighted by atomic mass is 10.3. The van der Waals surface area contributed by atoms with Gasteiger partial charge in [0.05, 0.1) is 0 Å². The Kier molecular flexibility index (Phi) is 8.77. The first-order valence-corrected chi connectivity index (χ1v) is 9.79. The molecule has 0 aromatic carbocycles. The Hall–Kier alpha value is -0.440. The van der Waals surface area contributed by atoms with Gasteiger partial charge in [0, 0.05) is 51.4 Å². The van der Waals surface area contributed by atoms with Crippen LogP contribution in [-0.4, -0.2) is 83.3 Å². The molecule has 2 fully saturated rings. The number of alkyl halides is 4. The average Bonchev–Trinajstić information content (AvgIpc) is 2.98. The second kappa shape index (κ2) is 9.66. The highest BCUT2D eigenvalue weighted by Crippen LogP contribution is 2.33. The van der Waals surface area contributed by atoms with Gasteiger partial charge in [0.15, 0.2) is 0 Å². The molecule has 0 saturated carbocycles. The van der Waals surface area contributed by atoms with Crippen molar-refractivity contribution in [3.8, 4) is 0 Å². The quantitative estimate of drug-likeness (QED) is 0.508. The van der Waals surface area contributed by atoms with E-state index in [-0.39, 0.29) is 12.1 Å². The fraction of sp³-hybridized carbons (Fsp3) is 1.00. The summed E-state index contributed by atoms with van der Waals surface area (Å²) in [7, 11) is 0. The molecule has 8 heteroatoms. The van der Waals surface area contributed by atoms with Crippen molar-refractivity contribution in [2.45, 2.75) is 78.8 Å². The van der Waals surface area contributed by atoms with E-state index in [0.29, 0.717) is 39.3 Å². The Morgan fingerprint density at radius 2 is 1.00 bits per heavy atom. The van der Waals surface area contributed by atoms with E-state index in [0.717, 1.165) is 12.8 Å². The van der Waals surface area contributed by atoms with Crippen LogP contribution in [-0.2, 0) is 0 Å². The zero-order chi connectivity index (χ0) is 20.1. The molecule has 2 aliphatic heterocycles. The van der Waals surface area contributed by atoms with E-state index in [9.17, 15) is 17.6 Å². The summed E-state index contributed by atoms with van der Waals surface area (Å²) in [6, 6.07) is -0.197. The molecule has 2 rings (SSSR count). The first-order chi connectivity index (χ1) is 12.0. The summed E-state index contributed by atoms with van der Waals surface area (Å²) in [4.78, 5) is 5.02. The summed E-state index contributed by atoms with van der Waals surface area (Å²) >= 11 is 0. The van der Waals surface area contributed by atoms with E-state index in [1.54, 1.807) is 27.7 Å². The molecule has 0 bridgehead atoms. The molecule has 0 unspecified atom stereocenters. The van der Waals surface area contributed by atoms with Gasteiger partial charge in [0.2, 0.25) is 0 Å². The van der Waals surface area contributed by atoms with Gasteiger partial charge in [0.25, 0.3) is 0 Å². The third kappa shape index (κ3) is 5.30. The van der Waals surface area contributed by atoms with Crippen LogP contribution in [0, 0.1) is 0 Å². The molecule has 0 amide bonds. The van der Waals surface area contributed by atoms with Crippen molar-refractivity contribution < 1.29 is 17.6 Å². The molecule has 0 radical (unpaired) electrons. The van der Waals surface area contributed by atoms with Crippen molar-refractivity contribution in [1.82, 2.24) is 19.6 Å². The molecular formula is C18H36F4N4. The van der Waals surface area contributed by atoms with E-state index < -0.39 is 12.3 Å². The molecule has 4 nitrogen and oxygen atoms in total. The summed E-state index contributed by atoms with van der Waals surface area (Å²) in [6.07, 6.45) is -3.89. The van der Waals surface area contributed by atoms with Crippen molar-refractivity contribution >= 4 is 0 Å². The van der Waals surface area contributed by atoms with Crippen LogP contribution in [0.2, 0.25) is 0 Å². The maximum absolute atomic E-state index is 13.6. The number of halogens is 4. The van der Waals surface area contributed by atoms with Gasteiger partial charge in [-0.1, -0.05) is 13.8 Å². The summed E-state index contributed by atoms with van der Waals surface area (Å²) < 4.78 is 54.3. The average molecular weight is 385 g/mol. The molecular weight excluding hydrogens is 348 g/mol. The van der Waals surface area contributed by atoms with Gasteiger partial charge in [0.1, 0.15) is 0 Å². The maximum Gasteiger partial charge on any atom is 0.370 e. The Bertz CT molecular complexity index is 384. The third-order valence-electron chi connectivity index (χ3n) is 4.91. The number of hydrogen-bond acceptors (Lipinski definition) is 4. The van der Waals surface area contributed by atoms with Gasteiger partial charge in [-0.2, -0.15) is 17.6 Å². The summed E-state index contributed by atoms with van der Waals surface area (Å²) in [5.74, 6) is 0. The van der Waals surface area contributed by atoms with E-state index in [1.165, 1.54) is 19.6 Å². The van der Waals surface area contributed by atoms with Crippen molar-refractivity contribution in [1.29, 1.82) is 0 Å². The van der Waals surface area contributed by atoms with Gasteiger partial charge >= 0.3 is 12.3 Å². The van der Waals surface area contributed by atoms with Gasteiger partial charge in [-0.25, -0.2) is 19.6 Å². The predicted molar refractivity (Wildman–Crippen MR) is 97.3 cm³/mol.